The van der Waals surface area contributed by atoms with Gasteiger partial charge in [-0.2, -0.15) is 0 Å². The van der Waals surface area contributed by atoms with Crippen LogP contribution in [0.5, 0.6) is 0 Å². The van der Waals surface area contributed by atoms with Crippen molar-refractivity contribution in [2.75, 3.05) is 7.05 Å². The monoisotopic (exact) mass is 459 g/mol. The Balaban J connectivity index is 0.00000208. The van der Waals surface area contributed by atoms with Gasteiger partial charge in [-0.1, -0.05) is 23.7 Å². The number of aliphatic imine (C=N–C) groups is 1. The number of benzene rings is 1. The molecular formula is C18H23ClIN3O. The molecule has 0 radical (unpaired) electrons. The van der Waals surface area contributed by atoms with E-state index in [1.807, 2.05) is 37.3 Å². The Morgan fingerprint density at radius 2 is 2.12 bits per heavy atom. The number of hydrogen-bond donors (Lipinski definition) is 2. The molecule has 1 fully saturated rings. The molecule has 0 bridgehead atoms. The summed E-state index contributed by atoms with van der Waals surface area (Å²) in [7, 11) is 1.78. The zero-order valence-electron chi connectivity index (χ0n) is 14.0. The normalized spacial score (nSPS) is 20.9. The molecule has 4 nitrogen and oxygen atoms in total. The zero-order valence-corrected chi connectivity index (χ0v) is 17.1. The van der Waals surface area contributed by atoms with Crippen LogP contribution >= 0.6 is 35.6 Å². The average Bonchev–Trinajstić information content (AvgIpc) is 3.16. The number of nitrogens with one attached hydrogen (secondary N) is 2. The molecule has 1 aliphatic rings. The van der Waals surface area contributed by atoms with Crippen LogP contribution in [0.3, 0.4) is 0 Å². The first kappa shape index (κ1) is 19.1. The molecule has 1 aromatic carbocycles. The number of guanidine groups is 1. The maximum atomic E-state index is 6.07. The largest absolute Gasteiger partial charge is 0.464 e. The van der Waals surface area contributed by atoms with Crippen LogP contribution < -0.4 is 10.6 Å². The highest BCUT2D eigenvalue weighted by atomic mass is 127. The molecule has 6 heteroatoms. The van der Waals surface area contributed by atoms with Crippen LogP contribution in [0.15, 0.2) is 45.8 Å². The summed E-state index contributed by atoms with van der Waals surface area (Å²) in [5.74, 6) is 3.11. The zero-order chi connectivity index (χ0) is 16.4. The minimum absolute atomic E-state index is 0. The summed E-state index contributed by atoms with van der Waals surface area (Å²) in [6.07, 6.45) is 1.09. The maximum Gasteiger partial charge on any atom is 0.191 e. The van der Waals surface area contributed by atoms with Crippen molar-refractivity contribution in [3.05, 3.63) is 58.5 Å². The van der Waals surface area contributed by atoms with Gasteiger partial charge in [-0.05, 0) is 50.1 Å². The lowest BCUT2D eigenvalue weighted by Gasteiger charge is -2.16. The van der Waals surface area contributed by atoms with E-state index in [9.17, 15) is 0 Å². The number of halogens is 2. The lowest BCUT2D eigenvalue weighted by molar-refractivity contribution is 0.441. The summed E-state index contributed by atoms with van der Waals surface area (Å²) in [6, 6.07) is 12.5. The number of nitrogens with zero attached hydrogens (tertiary/aromatic N) is 1. The Morgan fingerprint density at radius 3 is 2.75 bits per heavy atom. The van der Waals surface area contributed by atoms with Gasteiger partial charge in [-0.25, -0.2) is 0 Å². The first-order chi connectivity index (χ1) is 11.1. The van der Waals surface area contributed by atoms with Gasteiger partial charge in [0.15, 0.2) is 5.96 Å². The minimum atomic E-state index is 0. The van der Waals surface area contributed by atoms with Crippen molar-refractivity contribution in [3.63, 3.8) is 0 Å². The molecule has 2 aromatic rings. The Kier molecular flexibility index (Phi) is 6.57. The lowest BCUT2D eigenvalue weighted by atomic mass is 10.1. The van der Waals surface area contributed by atoms with Gasteiger partial charge in [0.2, 0.25) is 0 Å². The highest BCUT2D eigenvalue weighted by Crippen LogP contribution is 2.41. The molecular weight excluding hydrogens is 437 g/mol. The van der Waals surface area contributed by atoms with Gasteiger partial charge in [-0.15, -0.1) is 24.0 Å². The van der Waals surface area contributed by atoms with Crippen molar-refractivity contribution in [1.29, 1.82) is 0 Å². The minimum Gasteiger partial charge on any atom is -0.464 e. The Morgan fingerprint density at radius 1 is 1.33 bits per heavy atom. The quantitative estimate of drug-likeness (QED) is 0.398. The third kappa shape index (κ3) is 4.66. The fourth-order valence-corrected chi connectivity index (χ4v) is 2.97. The Labute approximate surface area is 165 Å². The van der Waals surface area contributed by atoms with Crippen molar-refractivity contribution in [2.45, 2.75) is 38.3 Å². The molecule has 3 unspecified atom stereocenters. The van der Waals surface area contributed by atoms with E-state index >= 15 is 0 Å². The van der Waals surface area contributed by atoms with Gasteiger partial charge in [-0.3, -0.25) is 4.99 Å². The SMILES string of the molecule is CN=C(NC(C)c1ccc(C)o1)NC1CC1c1cccc(Cl)c1.I. The van der Waals surface area contributed by atoms with E-state index < -0.39 is 0 Å². The van der Waals surface area contributed by atoms with Crippen molar-refractivity contribution in [1.82, 2.24) is 10.6 Å². The third-order valence-electron chi connectivity index (χ3n) is 4.15. The summed E-state index contributed by atoms with van der Waals surface area (Å²) in [4.78, 5) is 4.31. The topological polar surface area (TPSA) is 49.6 Å². The maximum absolute atomic E-state index is 6.07. The van der Waals surface area contributed by atoms with Crippen molar-refractivity contribution >= 4 is 41.5 Å². The summed E-state index contributed by atoms with van der Waals surface area (Å²) in [5.41, 5.74) is 1.28. The summed E-state index contributed by atoms with van der Waals surface area (Å²) >= 11 is 6.07. The number of hydrogen-bond acceptors (Lipinski definition) is 2. The standard InChI is InChI=1S/C18H22ClN3O.HI/c1-11-7-8-17(23-11)12(2)21-18(20-3)22-16-10-15(16)13-5-4-6-14(19)9-13;/h4-9,12,15-16H,10H2,1-3H3,(H2,20,21,22);1H. The molecule has 0 spiro atoms. The molecule has 2 N–H and O–H groups in total. The van der Waals surface area contributed by atoms with E-state index in [1.165, 1.54) is 5.56 Å². The molecule has 0 aliphatic heterocycles. The average molecular weight is 460 g/mol. The molecule has 24 heavy (non-hydrogen) atoms. The number of rotatable bonds is 4. The van der Waals surface area contributed by atoms with Crippen LogP contribution in [0.2, 0.25) is 5.02 Å². The first-order valence-corrected chi connectivity index (χ1v) is 8.26. The predicted molar refractivity (Wildman–Crippen MR) is 110 cm³/mol. The van der Waals surface area contributed by atoms with Gasteiger partial charge < -0.3 is 15.1 Å². The molecule has 3 rings (SSSR count). The van der Waals surface area contributed by atoms with E-state index in [4.69, 9.17) is 16.0 Å². The molecule has 130 valence electrons. The van der Waals surface area contributed by atoms with Gasteiger partial charge in [0.1, 0.15) is 11.5 Å². The van der Waals surface area contributed by atoms with E-state index in [0.717, 1.165) is 28.9 Å². The summed E-state index contributed by atoms with van der Waals surface area (Å²) < 4.78 is 5.65. The highest BCUT2D eigenvalue weighted by molar-refractivity contribution is 14.0. The predicted octanol–water partition coefficient (Wildman–Crippen LogP) is 4.64. The molecule has 1 heterocycles. The second-order valence-corrected chi connectivity index (χ2v) is 6.47. The third-order valence-corrected chi connectivity index (χ3v) is 4.39. The van der Waals surface area contributed by atoms with E-state index in [2.05, 4.69) is 28.6 Å². The fraction of sp³-hybridized carbons (Fsp3) is 0.389. The van der Waals surface area contributed by atoms with Crippen LogP contribution in [0.25, 0.3) is 0 Å². The number of aryl methyl sites for hydroxylation is 1. The molecule has 1 saturated carbocycles. The molecule has 1 aromatic heterocycles. The molecule has 3 atom stereocenters. The van der Waals surface area contributed by atoms with Crippen LogP contribution in [-0.2, 0) is 0 Å². The second kappa shape index (κ2) is 8.25. The summed E-state index contributed by atoms with van der Waals surface area (Å²) in [6.45, 7) is 4.01. The van der Waals surface area contributed by atoms with E-state index in [1.54, 1.807) is 7.05 Å². The first-order valence-electron chi connectivity index (χ1n) is 7.88. The van der Waals surface area contributed by atoms with E-state index in [-0.39, 0.29) is 30.0 Å². The Hall–Kier alpha value is -1.21. The van der Waals surface area contributed by atoms with Crippen molar-refractivity contribution < 1.29 is 4.42 Å². The van der Waals surface area contributed by atoms with Crippen molar-refractivity contribution in [2.24, 2.45) is 4.99 Å². The van der Waals surface area contributed by atoms with Crippen LogP contribution in [0.4, 0.5) is 0 Å². The van der Waals surface area contributed by atoms with Crippen LogP contribution in [0, 0.1) is 6.92 Å². The Bertz CT molecular complexity index is 716. The fourth-order valence-electron chi connectivity index (χ4n) is 2.77. The lowest BCUT2D eigenvalue weighted by Crippen LogP contribution is -2.40. The van der Waals surface area contributed by atoms with Crippen LogP contribution in [0.1, 0.15) is 42.4 Å². The van der Waals surface area contributed by atoms with Crippen molar-refractivity contribution in [3.8, 4) is 0 Å². The van der Waals surface area contributed by atoms with Gasteiger partial charge in [0, 0.05) is 24.0 Å². The molecule has 0 saturated heterocycles. The summed E-state index contributed by atoms with van der Waals surface area (Å²) in [5, 5.41) is 7.63. The highest BCUT2D eigenvalue weighted by Gasteiger charge is 2.39. The molecule has 0 amide bonds. The smallest absolute Gasteiger partial charge is 0.191 e. The van der Waals surface area contributed by atoms with Gasteiger partial charge in [0.05, 0.1) is 6.04 Å². The van der Waals surface area contributed by atoms with Gasteiger partial charge >= 0.3 is 0 Å². The van der Waals surface area contributed by atoms with Gasteiger partial charge in [0.25, 0.3) is 0 Å². The van der Waals surface area contributed by atoms with Crippen LogP contribution in [-0.4, -0.2) is 19.0 Å². The number of furan rings is 1. The molecule has 1 aliphatic carbocycles. The van der Waals surface area contributed by atoms with E-state index in [0.29, 0.717) is 12.0 Å². The second-order valence-electron chi connectivity index (χ2n) is 6.03.